The second-order valence-corrected chi connectivity index (χ2v) is 7.59. The molecule has 1 unspecified atom stereocenters. The number of hydrogen-bond acceptors (Lipinski definition) is 6. The van der Waals surface area contributed by atoms with E-state index in [0.717, 1.165) is 17.2 Å². The summed E-state index contributed by atoms with van der Waals surface area (Å²) >= 11 is 0. The number of carbonyl (C=O) groups is 1. The molecule has 3 heterocycles. The number of benzene rings is 2. The monoisotopic (exact) mass is 430 g/mol. The standard InChI is InChI=1S/C23H19FN6O2/c1-2-19(32)29-10-13-5-3-4-6-17(13)18(11-29)30-23-20(22(25)26-12-27-23)21(28-30)14-7-15(24)9-16(31)8-14/h2-9,12,18,31H,1,10-11H2,(H2,25,26,27). The molecule has 0 fully saturated rings. The Hall–Kier alpha value is -4.27. The average molecular weight is 430 g/mol. The van der Waals surface area contributed by atoms with Crippen molar-refractivity contribution in [3.63, 3.8) is 0 Å². The van der Waals surface area contributed by atoms with E-state index in [-0.39, 0.29) is 23.5 Å². The summed E-state index contributed by atoms with van der Waals surface area (Å²) in [6.45, 7) is 4.40. The van der Waals surface area contributed by atoms with Gasteiger partial charge in [0.2, 0.25) is 5.91 Å². The summed E-state index contributed by atoms with van der Waals surface area (Å²) in [4.78, 5) is 22.6. The van der Waals surface area contributed by atoms with Gasteiger partial charge in [0.05, 0.1) is 11.4 Å². The summed E-state index contributed by atoms with van der Waals surface area (Å²) in [6, 6.07) is 11.1. The number of rotatable bonds is 3. The van der Waals surface area contributed by atoms with E-state index in [4.69, 9.17) is 10.8 Å². The topological polar surface area (TPSA) is 110 Å². The lowest BCUT2D eigenvalue weighted by atomic mass is 9.95. The number of nitrogen functional groups attached to an aromatic ring is 1. The Balaban J connectivity index is 1.75. The third-order valence-electron chi connectivity index (χ3n) is 5.62. The second kappa shape index (κ2) is 7.45. The first kappa shape index (κ1) is 19.7. The molecule has 8 nitrogen and oxygen atoms in total. The first-order valence-corrected chi connectivity index (χ1v) is 9.94. The molecule has 0 bridgehead atoms. The van der Waals surface area contributed by atoms with Crippen molar-refractivity contribution in [2.75, 3.05) is 12.3 Å². The molecule has 1 aliphatic heterocycles. The first-order valence-electron chi connectivity index (χ1n) is 9.94. The quantitative estimate of drug-likeness (QED) is 0.484. The fourth-order valence-electron chi connectivity index (χ4n) is 4.21. The van der Waals surface area contributed by atoms with Gasteiger partial charge in [-0.3, -0.25) is 4.79 Å². The third kappa shape index (κ3) is 3.15. The van der Waals surface area contributed by atoms with Gasteiger partial charge < -0.3 is 15.7 Å². The van der Waals surface area contributed by atoms with Gasteiger partial charge in [-0.05, 0) is 29.3 Å². The van der Waals surface area contributed by atoms with Crippen LogP contribution in [0.15, 0.2) is 61.4 Å². The predicted molar refractivity (Wildman–Crippen MR) is 117 cm³/mol. The van der Waals surface area contributed by atoms with Crippen LogP contribution in [0, 0.1) is 5.82 Å². The lowest BCUT2D eigenvalue weighted by Gasteiger charge is -2.34. The van der Waals surface area contributed by atoms with Crippen molar-refractivity contribution in [2.24, 2.45) is 0 Å². The van der Waals surface area contributed by atoms with Crippen LogP contribution in [0.2, 0.25) is 0 Å². The zero-order valence-electron chi connectivity index (χ0n) is 16.9. The van der Waals surface area contributed by atoms with Crippen LogP contribution in [-0.2, 0) is 11.3 Å². The highest BCUT2D eigenvalue weighted by atomic mass is 19.1. The number of hydrogen-bond donors (Lipinski definition) is 2. The van der Waals surface area contributed by atoms with Crippen LogP contribution in [0.25, 0.3) is 22.3 Å². The molecule has 2 aromatic carbocycles. The number of nitrogens with two attached hydrogens (primary N) is 1. The number of aromatic nitrogens is 4. The molecule has 2 aromatic heterocycles. The van der Waals surface area contributed by atoms with E-state index in [2.05, 4.69) is 16.5 Å². The van der Waals surface area contributed by atoms with Crippen LogP contribution in [-0.4, -0.2) is 42.2 Å². The van der Waals surface area contributed by atoms with E-state index in [1.807, 2.05) is 24.3 Å². The van der Waals surface area contributed by atoms with E-state index in [9.17, 15) is 14.3 Å². The molecule has 3 N–H and O–H groups in total. The molecule has 0 spiro atoms. The largest absolute Gasteiger partial charge is 0.508 e. The number of phenols is 1. The third-order valence-corrected chi connectivity index (χ3v) is 5.62. The minimum Gasteiger partial charge on any atom is -0.508 e. The van der Waals surface area contributed by atoms with Crippen LogP contribution in [0.4, 0.5) is 10.2 Å². The molecular formula is C23H19FN6O2. The lowest BCUT2D eigenvalue weighted by Crippen LogP contribution is -2.39. The maximum Gasteiger partial charge on any atom is 0.246 e. The molecule has 0 aliphatic carbocycles. The fraction of sp³-hybridized carbons (Fsp3) is 0.130. The molecule has 9 heteroatoms. The van der Waals surface area contributed by atoms with Crippen molar-refractivity contribution in [3.05, 3.63) is 78.4 Å². The highest BCUT2D eigenvalue weighted by Gasteiger charge is 2.31. The van der Waals surface area contributed by atoms with Crippen LogP contribution in [0.3, 0.4) is 0 Å². The molecule has 1 atom stereocenters. The highest BCUT2D eigenvalue weighted by Crippen LogP contribution is 2.37. The molecule has 4 aromatic rings. The van der Waals surface area contributed by atoms with Gasteiger partial charge in [0, 0.05) is 24.7 Å². The molecule has 1 aliphatic rings. The van der Waals surface area contributed by atoms with Gasteiger partial charge in [-0.1, -0.05) is 30.8 Å². The zero-order valence-corrected chi connectivity index (χ0v) is 16.9. The van der Waals surface area contributed by atoms with Gasteiger partial charge in [0.25, 0.3) is 0 Å². The Morgan fingerprint density at radius 2 is 2.06 bits per heavy atom. The molecule has 0 saturated carbocycles. The fourth-order valence-corrected chi connectivity index (χ4v) is 4.21. The van der Waals surface area contributed by atoms with Crippen LogP contribution in [0.1, 0.15) is 17.2 Å². The Morgan fingerprint density at radius 1 is 1.25 bits per heavy atom. The molecule has 32 heavy (non-hydrogen) atoms. The predicted octanol–water partition coefficient (Wildman–Crippen LogP) is 3.04. The van der Waals surface area contributed by atoms with Crippen LogP contribution < -0.4 is 5.73 Å². The van der Waals surface area contributed by atoms with Gasteiger partial charge in [-0.25, -0.2) is 19.0 Å². The van der Waals surface area contributed by atoms with Crippen molar-refractivity contribution >= 4 is 22.8 Å². The number of nitrogens with zero attached hydrogens (tertiary/aromatic N) is 5. The minimum atomic E-state index is -0.608. The Kier molecular flexibility index (Phi) is 4.58. The Morgan fingerprint density at radius 3 is 2.84 bits per heavy atom. The summed E-state index contributed by atoms with van der Waals surface area (Å²) < 4.78 is 15.7. The van der Waals surface area contributed by atoms with E-state index < -0.39 is 5.82 Å². The van der Waals surface area contributed by atoms with E-state index in [0.29, 0.717) is 35.4 Å². The Bertz CT molecular complexity index is 1360. The summed E-state index contributed by atoms with van der Waals surface area (Å²) in [5.41, 5.74) is 9.28. The summed E-state index contributed by atoms with van der Waals surface area (Å²) in [7, 11) is 0. The number of anilines is 1. The smallest absolute Gasteiger partial charge is 0.246 e. The summed E-state index contributed by atoms with van der Waals surface area (Å²) in [5.74, 6) is -0.846. The zero-order chi connectivity index (χ0) is 22.4. The molecule has 0 saturated heterocycles. The van der Waals surface area contributed by atoms with Gasteiger partial charge in [-0.2, -0.15) is 5.10 Å². The number of amides is 1. The molecule has 160 valence electrons. The second-order valence-electron chi connectivity index (χ2n) is 7.59. The lowest BCUT2D eigenvalue weighted by molar-refractivity contribution is -0.127. The van der Waals surface area contributed by atoms with Gasteiger partial charge in [0.1, 0.15) is 29.4 Å². The van der Waals surface area contributed by atoms with Crippen molar-refractivity contribution in [2.45, 2.75) is 12.6 Å². The Labute approximate surface area is 182 Å². The highest BCUT2D eigenvalue weighted by molar-refractivity contribution is 5.98. The molecular weight excluding hydrogens is 411 g/mol. The first-order chi connectivity index (χ1) is 15.5. The van der Waals surface area contributed by atoms with Gasteiger partial charge >= 0.3 is 0 Å². The van der Waals surface area contributed by atoms with Crippen LogP contribution >= 0.6 is 0 Å². The van der Waals surface area contributed by atoms with E-state index in [1.54, 1.807) is 9.58 Å². The van der Waals surface area contributed by atoms with E-state index >= 15 is 0 Å². The number of fused-ring (bicyclic) bond motifs is 2. The molecule has 5 rings (SSSR count). The van der Waals surface area contributed by atoms with Crippen molar-refractivity contribution in [1.29, 1.82) is 0 Å². The van der Waals surface area contributed by atoms with Gasteiger partial charge in [-0.15, -0.1) is 0 Å². The van der Waals surface area contributed by atoms with Crippen molar-refractivity contribution < 1.29 is 14.3 Å². The number of halogens is 1. The normalized spacial score (nSPS) is 15.5. The molecule has 0 radical (unpaired) electrons. The number of phenolic OH excluding ortho intramolecular Hbond substituents is 1. The van der Waals surface area contributed by atoms with Crippen molar-refractivity contribution in [3.8, 4) is 17.0 Å². The maximum atomic E-state index is 14.0. The van der Waals surface area contributed by atoms with E-state index in [1.165, 1.54) is 24.5 Å². The maximum absolute atomic E-state index is 14.0. The SMILES string of the molecule is C=CC(=O)N1Cc2ccccc2C(n2nc(-c3cc(O)cc(F)c3)c3c(N)ncnc32)C1. The van der Waals surface area contributed by atoms with Gasteiger partial charge in [0.15, 0.2) is 5.65 Å². The number of aromatic hydroxyl groups is 1. The summed E-state index contributed by atoms with van der Waals surface area (Å²) in [5, 5.41) is 15.1. The van der Waals surface area contributed by atoms with Crippen LogP contribution in [0.5, 0.6) is 5.75 Å². The average Bonchev–Trinajstić information content (AvgIpc) is 3.18. The summed E-state index contributed by atoms with van der Waals surface area (Å²) in [6.07, 6.45) is 2.62. The number of carbonyl (C=O) groups excluding carboxylic acids is 1. The van der Waals surface area contributed by atoms with Crippen molar-refractivity contribution in [1.82, 2.24) is 24.6 Å². The molecule has 1 amide bonds. The minimum absolute atomic E-state index is 0.183.